The van der Waals surface area contributed by atoms with Crippen molar-refractivity contribution in [2.45, 2.75) is 0 Å². The molecule has 0 radical (unpaired) electrons. The van der Waals surface area contributed by atoms with E-state index in [1.54, 1.807) is 19.3 Å². The van der Waals surface area contributed by atoms with E-state index in [1.807, 2.05) is 0 Å². The molecule has 0 saturated carbocycles. The molecule has 1 N–H and O–H groups in total. The normalized spacial score (nSPS) is 9.92. The van der Waals surface area contributed by atoms with Crippen LogP contribution in [0.1, 0.15) is 10.4 Å². The summed E-state index contributed by atoms with van der Waals surface area (Å²) in [5, 5.41) is 1.16. The number of hydroxylamine groups is 2. The average molecular weight is 233 g/mol. The minimum Gasteiger partial charge on any atom is -0.355 e. The SMILES string of the molecule is CON(C)C(=O)c1c[nH]c(Br)c1. The van der Waals surface area contributed by atoms with Crippen LogP contribution in [0.2, 0.25) is 0 Å². The zero-order chi connectivity index (χ0) is 9.14. The van der Waals surface area contributed by atoms with Crippen LogP contribution in [0.3, 0.4) is 0 Å². The molecule has 0 aliphatic heterocycles. The molecule has 0 saturated heterocycles. The van der Waals surface area contributed by atoms with Crippen LogP contribution in [0.15, 0.2) is 16.9 Å². The van der Waals surface area contributed by atoms with Gasteiger partial charge in [-0.2, -0.15) is 0 Å². The smallest absolute Gasteiger partial charge is 0.278 e. The number of carbonyl (C=O) groups is 1. The Hall–Kier alpha value is -0.810. The van der Waals surface area contributed by atoms with E-state index in [0.29, 0.717) is 5.56 Å². The van der Waals surface area contributed by atoms with Gasteiger partial charge in [-0.3, -0.25) is 9.63 Å². The van der Waals surface area contributed by atoms with Gasteiger partial charge in [-0.1, -0.05) is 0 Å². The molecule has 0 bridgehead atoms. The summed E-state index contributed by atoms with van der Waals surface area (Å²) in [4.78, 5) is 18.9. The number of carbonyl (C=O) groups excluding carboxylic acids is 1. The van der Waals surface area contributed by atoms with Crippen LogP contribution in [0, 0.1) is 0 Å². The van der Waals surface area contributed by atoms with E-state index in [-0.39, 0.29) is 5.91 Å². The second kappa shape index (κ2) is 3.73. The number of hydrogen-bond donors (Lipinski definition) is 1. The highest BCUT2D eigenvalue weighted by Gasteiger charge is 2.11. The quantitative estimate of drug-likeness (QED) is 0.785. The summed E-state index contributed by atoms with van der Waals surface area (Å²) in [6.07, 6.45) is 1.61. The Bertz CT molecular complexity index is 285. The van der Waals surface area contributed by atoms with Gasteiger partial charge in [0, 0.05) is 13.2 Å². The Kier molecular flexibility index (Phi) is 2.88. The molecule has 0 unspecified atom stereocenters. The van der Waals surface area contributed by atoms with Crippen molar-refractivity contribution in [3.63, 3.8) is 0 Å². The summed E-state index contributed by atoms with van der Waals surface area (Å²) in [6, 6.07) is 1.69. The van der Waals surface area contributed by atoms with Crippen LogP contribution in [0.4, 0.5) is 0 Å². The molecule has 1 amide bonds. The first-order chi connectivity index (χ1) is 5.65. The third-order valence-corrected chi connectivity index (χ3v) is 1.91. The highest BCUT2D eigenvalue weighted by molar-refractivity contribution is 9.10. The van der Waals surface area contributed by atoms with Crippen LogP contribution in [0.25, 0.3) is 0 Å². The molecule has 1 heterocycles. The fourth-order valence-electron chi connectivity index (χ4n) is 0.755. The molecule has 0 fully saturated rings. The zero-order valence-corrected chi connectivity index (χ0v) is 8.38. The van der Waals surface area contributed by atoms with Crippen molar-refractivity contribution in [3.05, 3.63) is 22.4 Å². The molecule has 1 rings (SSSR count). The molecule has 0 aliphatic carbocycles. The summed E-state index contributed by atoms with van der Waals surface area (Å²) >= 11 is 3.20. The number of halogens is 1. The number of hydrogen-bond acceptors (Lipinski definition) is 2. The third kappa shape index (κ3) is 1.86. The summed E-state index contributed by atoms with van der Waals surface area (Å²) < 4.78 is 0.773. The number of aromatic nitrogens is 1. The minimum atomic E-state index is -0.181. The van der Waals surface area contributed by atoms with E-state index < -0.39 is 0 Å². The maximum absolute atomic E-state index is 11.3. The van der Waals surface area contributed by atoms with Crippen molar-refractivity contribution in [1.29, 1.82) is 0 Å². The lowest BCUT2D eigenvalue weighted by molar-refractivity contribution is -0.0756. The Labute approximate surface area is 78.6 Å². The van der Waals surface area contributed by atoms with Crippen molar-refractivity contribution < 1.29 is 9.63 Å². The summed E-state index contributed by atoms with van der Waals surface area (Å²) in [6.45, 7) is 0. The van der Waals surface area contributed by atoms with Crippen LogP contribution < -0.4 is 0 Å². The Morgan fingerprint density at radius 3 is 2.83 bits per heavy atom. The number of nitrogens with one attached hydrogen (secondary N) is 1. The van der Waals surface area contributed by atoms with E-state index in [9.17, 15) is 4.79 Å². The third-order valence-electron chi connectivity index (χ3n) is 1.45. The van der Waals surface area contributed by atoms with Gasteiger partial charge in [0.25, 0.3) is 5.91 Å². The lowest BCUT2D eigenvalue weighted by Crippen LogP contribution is -2.24. The van der Waals surface area contributed by atoms with Gasteiger partial charge in [0.05, 0.1) is 17.3 Å². The molecule has 66 valence electrons. The number of rotatable bonds is 2. The molecule has 1 aromatic rings. The highest BCUT2D eigenvalue weighted by atomic mass is 79.9. The van der Waals surface area contributed by atoms with Crippen LogP contribution in [-0.4, -0.2) is 30.1 Å². The van der Waals surface area contributed by atoms with Crippen molar-refractivity contribution in [2.75, 3.05) is 14.2 Å². The first-order valence-electron chi connectivity index (χ1n) is 3.31. The minimum absolute atomic E-state index is 0.181. The van der Waals surface area contributed by atoms with Gasteiger partial charge in [0.15, 0.2) is 0 Å². The maximum atomic E-state index is 11.3. The fourth-order valence-corrected chi connectivity index (χ4v) is 1.12. The Morgan fingerprint density at radius 2 is 2.42 bits per heavy atom. The molecule has 0 spiro atoms. The van der Waals surface area contributed by atoms with E-state index in [4.69, 9.17) is 4.84 Å². The highest BCUT2D eigenvalue weighted by Crippen LogP contribution is 2.11. The maximum Gasteiger partial charge on any atom is 0.278 e. The molecule has 0 aliphatic rings. The van der Waals surface area contributed by atoms with Gasteiger partial charge in [-0.05, 0) is 22.0 Å². The van der Waals surface area contributed by atoms with Crippen molar-refractivity contribution in [3.8, 4) is 0 Å². The molecule has 5 heteroatoms. The Balaban J connectivity index is 2.78. The predicted octanol–water partition coefficient (Wildman–Crippen LogP) is 1.41. The summed E-state index contributed by atoms with van der Waals surface area (Å²) in [7, 11) is 3.00. The number of aromatic amines is 1. The predicted molar refractivity (Wildman–Crippen MR) is 47.6 cm³/mol. The largest absolute Gasteiger partial charge is 0.355 e. The van der Waals surface area contributed by atoms with E-state index in [0.717, 1.165) is 9.67 Å². The molecular formula is C7H9BrN2O2. The van der Waals surface area contributed by atoms with Crippen LogP contribution in [-0.2, 0) is 4.84 Å². The standard InChI is InChI=1S/C7H9BrN2O2/c1-10(12-2)7(11)5-3-6(8)9-4-5/h3-4,9H,1-2H3. The van der Waals surface area contributed by atoms with Gasteiger partial charge in [-0.15, -0.1) is 0 Å². The molecule has 4 nitrogen and oxygen atoms in total. The van der Waals surface area contributed by atoms with E-state index in [2.05, 4.69) is 20.9 Å². The first-order valence-corrected chi connectivity index (χ1v) is 4.10. The first kappa shape index (κ1) is 9.28. The van der Waals surface area contributed by atoms with Crippen LogP contribution in [0.5, 0.6) is 0 Å². The lowest BCUT2D eigenvalue weighted by atomic mass is 10.3. The molecule has 0 aromatic carbocycles. The summed E-state index contributed by atoms with van der Waals surface area (Å²) in [5.74, 6) is -0.181. The lowest BCUT2D eigenvalue weighted by Gasteiger charge is -2.11. The zero-order valence-electron chi connectivity index (χ0n) is 6.80. The topological polar surface area (TPSA) is 45.3 Å². The number of H-pyrrole nitrogens is 1. The van der Waals surface area contributed by atoms with Crippen molar-refractivity contribution in [2.24, 2.45) is 0 Å². The fraction of sp³-hybridized carbons (Fsp3) is 0.286. The number of amides is 1. The molecule has 0 atom stereocenters. The van der Waals surface area contributed by atoms with Gasteiger partial charge in [0.1, 0.15) is 0 Å². The monoisotopic (exact) mass is 232 g/mol. The molecule has 1 aromatic heterocycles. The van der Waals surface area contributed by atoms with Crippen molar-refractivity contribution in [1.82, 2.24) is 10.0 Å². The van der Waals surface area contributed by atoms with Gasteiger partial charge in [-0.25, -0.2) is 5.06 Å². The molecular weight excluding hydrogens is 224 g/mol. The van der Waals surface area contributed by atoms with Gasteiger partial charge >= 0.3 is 0 Å². The average Bonchev–Trinajstić information content (AvgIpc) is 2.49. The van der Waals surface area contributed by atoms with Gasteiger partial charge in [0.2, 0.25) is 0 Å². The summed E-state index contributed by atoms with van der Waals surface area (Å²) in [5.41, 5.74) is 0.561. The van der Waals surface area contributed by atoms with E-state index in [1.165, 1.54) is 7.11 Å². The Morgan fingerprint density at radius 1 is 1.75 bits per heavy atom. The van der Waals surface area contributed by atoms with Crippen LogP contribution >= 0.6 is 15.9 Å². The van der Waals surface area contributed by atoms with Gasteiger partial charge < -0.3 is 4.98 Å². The number of nitrogens with zero attached hydrogens (tertiary/aromatic N) is 1. The van der Waals surface area contributed by atoms with E-state index >= 15 is 0 Å². The second-order valence-electron chi connectivity index (χ2n) is 2.22. The second-order valence-corrected chi connectivity index (χ2v) is 3.08. The van der Waals surface area contributed by atoms with Crippen molar-refractivity contribution >= 4 is 21.8 Å². The molecule has 12 heavy (non-hydrogen) atoms.